The van der Waals surface area contributed by atoms with Crippen LogP contribution in [0.25, 0.3) is 0 Å². The van der Waals surface area contributed by atoms with E-state index in [1.54, 1.807) is 13.0 Å². The zero-order valence-electron chi connectivity index (χ0n) is 9.12. The minimum Gasteiger partial charge on any atom is -0.361 e. The van der Waals surface area contributed by atoms with Gasteiger partial charge in [0.05, 0.1) is 12.6 Å². The number of nitrogens with one attached hydrogen (secondary N) is 1. The number of amides is 1. The fraction of sp³-hybridized carbons (Fsp3) is 0.600. The second-order valence-electron chi connectivity index (χ2n) is 3.54. The Morgan fingerprint density at radius 3 is 3.00 bits per heavy atom. The molecule has 5 heteroatoms. The van der Waals surface area contributed by atoms with Gasteiger partial charge in [-0.05, 0) is 13.3 Å². The molecule has 3 N–H and O–H groups in total. The van der Waals surface area contributed by atoms with Crippen molar-refractivity contribution >= 4 is 5.91 Å². The van der Waals surface area contributed by atoms with Crippen molar-refractivity contribution < 1.29 is 9.32 Å². The second-order valence-corrected chi connectivity index (χ2v) is 3.54. The van der Waals surface area contributed by atoms with Gasteiger partial charge in [-0.3, -0.25) is 4.79 Å². The van der Waals surface area contributed by atoms with E-state index >= 15 is 0 Å². The maximum Gasteiger partial charge on any atom is 0.237 e. The minimum absolute atomic E-state index is 0.141. The van der Waals surface area contributed by atoms with Crippen LogP contribution in [-0.4, -0.2) is 17.1 Å². The molecule has 0 saturated carbocycles. The molecule has 1 heterocycles. The molecule has 0 fully saturated rings. The summed E-state index contributed by atoms with van der Waals surface area (Å²) < 4.78 is 4.87. The van der Waals surface area contributed by atoms with Crippen molar-refractivity contribution in [3.63, 3.8) is 0 Å². The minimum atomic E-state index is -0.428. The van der Waals surface area contributed by atoms with E-state index in [4.69, 9.17) is 10.3 Å². The first-order valence-electron chi connectivity index (χ1n) is 5.09. The van der Waals surface area contributed by atoms with Crippen LogP contribution in [0.4, 0.5) is 0 Å². The van der Waals surface area contributed by atoms with Gasteiger partial charge in [-0.2, -0.15) is 0 Å². The number of nitrogens with zero attached hydrogens (tertiary/aromatic N) is 1. The number of rotatable bonds is 5. The number of nitrogens with two attached hydrogens (primary N) is 1. The zero-order valence-corrected chi connectivity index (χ0v) is 9.12. The number of carbonyl (C=O) groups is 1. The monoisotopic (exact) mass is 211 g/mol. The Morgan fingerprint density at radius 2 is 2.47 bits per heavy atom. The summed E-state index contributed by atoms with van der Waals surface area (Å²) >= 11 is 0. The Kier molecular flexibility index (Phi) is 4.30. The molecule has 0 aromatic carbocycles. The van der Waals surface area contributed by atoms with Gasteiger partial charge in [0.15, 0.2) is 0 Å². The molecule has 0 unspecified atom stereocenters. The molecule has 1 aromatic rings. The van der Waals surface area contributed by atoms with Crippen LogP contribution in [0.15, 0.2) is 10.6 Å². The molecule has 0 aliphatic carbocycles. The molecule has 84 valence electrons. The molecule has 0 aliphatic heterocycles. The van der Waals surface area contributed by atoms with E-state index < -0.39 is 6.04 Å². The highest BCUT2D eigenvalue weighted by Gasteiger charge is 2.12. The van der Waals surface area contributed by atoms with Crippen molar-refractivity contribution in [3.05, 3.63) is 17.5 Å². The van der Waals surface area contributed by atoms with Gasteiger partial charge in [0.2, 0.25) is 5.91 Å². The van der Waals surface area contributed by atoms with E-state index in [1.165, 1.54) is 0 Å². The van der Waals surface area contributed by atoms with Crippen molar-refractivity contribution in [2.75, 3.05) is 0 Å². The van der Waals surface area contributed by atoms with Crippen molar-refractivity contribution in [2.24, 2.45) is 5.73 Å². The highest BCUT2D eigenvalue weighted by Crippen LogP contribution is 2.01. The molecule has 5 nitrogen and oxygen atoms in total. The molecule has 1 aromatic heterocycles. The quantitative estimate of drug-likeness (QED) is 0.752. The van der Waals surface area contributed by atoms with Gasteiger partial charge >= 0.3 is 0 Å². The van der Waals surface area contributed by atoms with Crippen molar-refractivity contribution in [2.45, 2.75) is 39.3 Å². The van der Waals surface area contributed by atoms with Gasteiger partial charge in [-0.25, -0.2) is 0 Å². The SMILES string of the molecule is CCC[C@@H](N)C(=O)NCc1cc(C)on1. The van der Waals surface area contributed by atoms with Gasteiger partial charge < -0.3 is 15.6 Å². The highest BCUT2D eigenvalue weighted by atomic mass is 16.5. The lowest BCUT2D eigenvalue weighted by molar-refractivity contribution is -0.122. The standard InChI is InChI=1S/C10H17N3O2/c1-3-4-9(11)10(14)12-6-8-5-7(2)15-13-8/h5,9H,3-4,6,11H2,1-2H3,(H,12,14)/t9-/m1/s1. The summed E-state index contributed by atoms with van der Waals surface area (Å²) in [6.45, 7) is 4.17. The summed E-state index contributed by atoms with van der Waals surface area (Å²) in [7, 11) is 0. The first-order valence-corrected chi connectivity index (χ1v) is 5.09. The lowest BCUT2D eigenvalue weighted by Crippen LogP contribution is -2.40. The molecular weight excluding hydrogens is 194 g/mol. The van der Waals surface area contributed by atoms with Crippen molar-refractivity contribution in [3.8, 4) is 0 Å². The van der Waals surface area contributed by atoms with Gasteiger partial charge in [0.1, 0.15) is 11.5 Å². The van der Waals surface area contributed by atoms with E-state index in [1.807, 2.05) is 6.92 Å². The third-order valence-corrected chi connectivity index (χ3v) is 2.06. The fourth-order valence-electron chi connectivity index (χ4n) is 1.25. The van der Waals surface area contributed by atoms with E-state index in [0.717, 1.165) is 12.2 Å². The average Bonchev–Trinajstić information content (AvgIpc) is 2.61. The number of aryl methyl sites for hydroxylation is 1. The molecule has 0 bridgehead atoms. The van der Waals surface area contributed by atoms with Gasteiger partial charge in [0.25, 0.3) is 0 Å². The topological polar surface area (TPSA) is 81.2 Å². The van der Waals surface area contributed by atoms with Crippen LogP contribution in [0.5, 0.6) is 0 Å². The first-order chi connectivity index (χ1) is 7.13. The molecule has 0 saturated heterocycles. The zero-order chi connectivity index (χ0) is 11.3. The summed E-state index contributed by atoms with van der Waals surface area (Å²) in [6, 6.07) is 1.36. The summed E-state index contributed by atoms with van der Waals surface area (Å²) in [5, 5.41) is 6.47. The van der Waals surface area contributed by atoms with Gasteiger partial charge in [-0.15, -0.1) is 0 Å². The highest BCUT2D eigenvalue weighted by molar-refractivity contribution is 5.81. The van der Waals surface area contributed by atoms with E-state index in [0.29, 0.717) is 18.7 Å². The number of hydrogen-bond acceptors (Lipinski definition) is 4. The maximum absolute atomic E-state index is 11.4. The van der Waals surface area contributed by atoms with Crippen molar-refractivity contribution in [1.29, 1.82) is 0 Å². The summed E-state index contributed by atoms with van der Waals surface area (Å²) in [5.74, 6) is 0.592. The van der Waals surface area contributed by atoms with E-state index in [-0.39, 0.29) is 5.91 Å². The Hall–Kier alpha value is -1.36. The van der Waals surface area contributed by atoms with Crippen molar-refractivity contribution in [1.82, 2.24) is 10.5 Å². The maximum atomic E-state index is 11.4. The van der Waals surface area contributed by atoms with E-state index in [2.05, 4.69) is 10.5 Å². The largest absolute Gasteiger partial charge is 0.361 e. The predicted molar refractivity (Wildman–Crippen MR) is 56.0 cm³/mol. The molecular formula is C10H17N3O2. The normalized spacial score (nSPS) is 12.5. The molecule has 0 radical (unpaired) electrons. The smallest absolute Gasteiger partial charge is 0.237 e. The molecule has 0 aliphatic rings. The first kappa shape index (κ1) is 11.7. The number of hydrogen-bond donors (Lipinski definition) is 2. The second kappa shape index (κ2) is 5.50. The van der Waals surface area contributed by atoms with Gasteiger partial charge in [0, 0.05) is 6.07 Å². The Labute approximate surface area is 89.0 Å². The molecule has 1 amide bonds. The molecule has 1 atom stereocenters. The average molecular weight is 211 g/mol. The van der Waals surface area contributed by atoms with Crippen LogP contribution in [-0.2, 0) is 11.3 Å². The van der Waals surface area contributed by atoms with Crippen LogP contribution in [0.1, 0.15) is 31.2 Å². The summed E-state index contributed by atoms with van der Waals surface area (Å²) in [6.07, 6.45) is 1.60. The molecule has 1 rings (SSSR count). The van der Waals surface area contributed by atoms with Crippen LogP contribution >= 0.6 is 0 Å². The fourth-order valence-corrected chi connectivity index (χ4v) is 1.25. The van der Waals surface area contributed by atoms with Crippen LogP contribution in [0.3, 0.4) is 0 Å². The molecule has 0 spiro atoms. The summed E-state index contributed by atoms with van der Waals surface area (Å²) in [5.41, 5.74) is 6.35. The lowest BCUT2D eigenvalue weighted by Gasteiger charge is -2.09. The van der Waals surface area contributed by atoms with E-state index in [9.17, 15) is 4.79 Å². The Bertz CT molecular complexity index is 322. The summed E-state index contributed by atoms with van der Waals surface area (Å²) in [4.78, 5) is 11.4. The Morgan fingerprint density at radius 1 is 1.73 bits per heavy atom. The predicted octanol–water partition coefficient (Wildman–Crippen LogP) is 0.727. The van der Waals surface area contributed by atoms with Gasteiger partial charge in [-0.1, -0.05) is 18.5 Å². The number of carbonyl (C=O) groups excluding carboxylic acids is 1. The third kappa shape index (κ3) is 3.71. The number of aromatic nitrogens is 1. The Balaban J connectivity index is 2.34. The van der Waals surface area contributed by atoms with Crippen LogP contribution < -0.4 is 11.1 Å². The third-order valence-electron chi connectivity index (χ3n) is 2.06. The lowest BCUT2D eigenvalue weighted by atomic mass is 10.2. The van der Waals surface area contributed by atoms with Crippen LogP contribution in [0.2, 0.25) is 0 Å². The van der Waals surface area contributed by atoms with Crippen LogP contribution in [0, 0.1) is 6.92 Å². The molecule has 15 heavy (non-hydrogen) atoms.